The molecule has 0 amide bonds. The van der Waals surface area contributed by atoms with Crippen LogP contribution >= 0.6 is 0 Å². The zero-order chi connectivity index (χ0) is 28.4. The highest BCUT2D eigenvalue weighted by molar-refractivity contribution is 6.08. The van der Waals surface area contributed by atoms with E-state index in [1.807, 2.05) is 67.6 Å². The molecule has 5 rings (SSSR count). The first kappa shape index (κ1) is 26.4. The first-order valence-corrected chi connectivity index (χ1v) is 12.9. The van der Waals surface area contributed by atoms with Gasteiger partial charge in [0.1, 0.15) is 11.5 Å². The number of aryl methyl sites for hydroxylation is 1. The Kier molecular flexibility index (Phi) is 7.21. The monoisotopic (exact) mass is 527 g/mol. The molecule has 198 valence electrons. The summed E-state index contributed by atoms with van der Waals surface area (Å²) in [5.74, 6) is -0.0235. The normalized spacial score (nSPS) is 10.8. The molecule has 40 heavy (non-hydrogen) atoms. The molecule has 0 aliphatic rings. The number of carbonyl (C=O) groups excluding carboxylic acids is 2. The van der Waals surface area contributed by atoms with Gasteiger partial charge in [0.2, 0.25) is 0 Å². The summed E-state index contributed by atoms with van der Waals surface area (Å²) in [6, 6.07) is 31.4. The van der Waals surface area contributed by atoms with Crippen molar-refractivity contribution in [1.82, 2.24) is 0 Å². The summed E-state index contributed by atoms with van der Waals surface area (Å²) in [7, 11) is 0. The van der Waals surface area contributed by atoms with Gasteiger partial charge < -0.3 is 14.4 Å². The molecule has 0 atom stereocenters. The summed E-state index contributed by atoms with van der Waals surface area (Å²) in [4.78, 5) is 26.9. The number of fused-ring (bicyclic) bond motifs is 2. The Bertz CT molecular complexity index is 1690. The summed E-state index contributed by atoms with van der Waals surface area (Å²) in [5.41, 5.74) is 4.53. The molecule has 5 heteroatoms. The molecule has 5 aromatic carbocycles. The van der Waals surface area contributed by atoms with Crippen LogP contribution in [0.2, 0.25) is 0 Å². The Morgan fingerprint density at radius 3 is 1.40 bits per heavy atom. The second kappa shape index (κ2) is 10.9. The van der Waals surface area contributed by atoms with Gasteiger partial charge in [-0.05, 0) is 57.2 Å². The van der Waals surface area contributed by atoms with Gasteiger partial charge in [-0.3, -0.25) is 0 Å². The summed E-state index contributed by atoms with van der Waals surface area (Å²) < 4.78 is 11.4. The van der Waals surface area contributed by atoms with Crippen LogP contribution in [0, 0.1) is 6.92 Å². The van der Waals surface area contributed by atoms with Gasteiger partial charge in [-0.1, -0.05) is 79.4 Å². The molecule has 0 fully saturated rings. The molecule has 0 saturated carbocycles. The molecule has 0 spiro atoms. The second-order valence-corrected chi connectivity index (χ2v) is 9.77. The van der Waals surface area contributed by atoms with Crippen molar-refractivity contribution in [1.29, 1.82) is 0 Å². The fraction of sp³-hybridized carbons (Fsp3) is 0.0857. The zero-order valence-corrected chi connectivity index (χ0v) is 22.7. The van der Waals surface area contributed by atoms with Gasteiger partial charge in [0.25, 0.3) is 0 Å². The van der Waals surface area contributed by atoms with Crippen LogP contribution in [0.3, 0.4) is 0 Å². The van der Waals surface area contributed by atoms with E-state index >= 15 is 0 Å². The Hall–Kier alpha value is -5.16. The molecule has 0 unspecified atom stereocenters. The average molecular weight is 528 g/mol. The third-order valence-electron chi connectivity index (χ3n) is 6.59. The van der Waals surface area contributed by atoms with Gasteiger partial charge in [0, 0.05) is 38.4 Å². The number of rotatable bonds is 7. The number of benzene rings is 5. The van der Waals surface area contributed by atoms with Crippen molar-refractivity contribution >= 4 is 50.5 Å². The van der Waals surface area contributed by atoms with Crippen molar-refractivity contribution in [3.05, 3.63) is 127 Å². The molecular weight excluding hydrogens is 498 g/mol. The van der Waals surface area contributed by atoms with Gasteiger partial charge in [0.05, 0.1) is 11.4 Å². The van der Waals surface area contributed by atoms with Crippen molar-refractivity contribution < 1.29 is 19.1 Å². The highest BCUT2D eigenvalue weighted by Crippen LogP contribution is 2.44. The Morgan fingerprint density at radius 2 is 0.975 bits per heavy atom. The van der Waals surface area contributed by atoms with Crippen LogP contribution in [0.5, 0.6) is 11.5 Å². The van der Waals surface area contributed by atoms with E-state index in [1.165, 1.54) is 0 Å². The van der Waals surface area contributed by atoms with Gasteiger partial charge in [-0.25, -0.2) is 9.59 Å². The van der Waals surface area contributed by atoms with Crippen molar-refractivity contribution in [3.63, 3.8) is 0 Å². The van der Waals surface area contributed by atoms with E-state index in [0.717, 1.165) is 44.2 Å². The van der Waals surface area contributed by atoms with E-state index in [0.29, 0.717) is 22.6 Å². The molecule has 0 aromatic heterocycles. The molecule has 0 aliphatic carbocycles. The van der Waals surface area contributed by atoms with E-state index in [2.05, 4.69) is 42.3 Å². The van der Waals surface area contributed by atoms with Gasteiger partial charge in [-0.15, -0.1) is 0 Å². The molecule has 0 heterocycles. The van der Waals surface area contributed by atoms with Crippen LogP contribution in [0.15, 0.2) is 121 Å². The fourth-order valence-corrected chi connectivity index (χ4v) is 4.57. The maximum atomic E-state index is 12.4. The van der Waals surface area contributed by atoms with Crippen molar-refractivity contribution in [3.8, 4) is 11.5 Å². The van der Waals surface area contributed by atoms with Crippen molar-refractivity contribution in [2.45, 2.75) is 20.8 Å². The summed E-state index contributed by atoms with van der Waals surface area (Å²) in [6.07, 6.45) is 0. The summed E-state index contributed by atoms with van der Waals surface area (Å²) >= 11 is 0. The van der Waals surface area contributed by atoms with Gasteiger partial charge >= 0.3 is 11.9 Å². The van der Waals surface area contributed by atoms with E-state index in [-0.39, 0.29) is 0 Å². The van der Waals surface area contributed by atoms with Crippen LogP contribution in [0.4, 0.5) is 17.1 Å². The molecule has 5 aromatic rings. The quantitative estimate of drug-likeness (QED) is 0.120. The topological polar surface area (TPSA) is 55.8 Å². The molecule has 0 N–H and O–H groups in total. The Balaban J connectivity index is 1.75. The molecule has 5 nitrogen and oxygen atoms in total. The van der Waals surface area contributed by atoms with Gasteiger partial charge in [0.15, 0.2) is 0 Å². The Labute approximate surface area is 233 Å². The lowest BCUT2D eigenvalue weighted by atomic mass is 10.0. The number of ether oxygens (including phenoxy) is 2. The van der Waals surface area contributed by atoms with E-state index in [1.54, 1.807) is 26.0 Å². The van der Waals surface area contributed by atoms with Gasteiger partial charge in [-0.2, -0.15) is 0 Å². The fourth-order valence-electron chi connectivity index (χ4n) is 4.57. The van der Waals surface area contributed by atoms with Crippen LogP contribution < -0.4 is 14.4 Å². The summed E-state index contributed by atoms with van der Waals surface area (Å²) in [6.45, 7) is 12.7. The number of anilines is 3. The first-order chi connectivity index (χ1) is 19.2. The lowest BCUT2D eigenvalue weighted by molar-refractivity contribution is -0.130. The molecular formula is C35H29NO4. The standard InChI is InChI=1S/C35H29NO4/c1-22(2)34(37)39-32-16-8-10-26-28(32)12-6-14-30(26)36(25-20-18-24(5)19-21-25)31-15-7-13-29-27(31)11-9-17-33(29)40-35(38)23(3)4/h6-21H,1,3H2,2,4-5H3. The smallest absolute Gasteiger partial charge is 0.338 e. The molecule has 0 aliphatic heterocycles. The van der Waals surface area contributed by atoms with E-state index in [4.69, 9.17) is 9.47 Å². The molecule has 0 radical (unpaired) electrons. The number of carbonyl (C=O) groups is 2. The maximum Gasteiger partial charge on any atom is 0.338 e. The zero-order valence-electron chi connectivity index (χ0n) is 22.7. The minimum Gasteiger partial charge on any atom is -0.423 e. The largest absolute Gasteiger partial charge is 0.423 e. The number of nitrogens with zero attached hydrogens (tertiary/aromatic N) is 1. The molecule has 0 bridgehead atoms. The van der Waals surface area contributed by atoms with Crippen LogP contribution in [0.25, 0.3) is 21.5 Å². The van der Waals surface area contributed by atoms with Crippen LogP contribution in [0.1, 0.15) is 19.4 Å². The third kappa shape index (κ3) is 5.09. The SMILES string of the molecule is C=C(C)C(=O)Oc1cccc2c(N(c3ccc(C)cc3)c3cccc4c(OC(=O)C(=C)C)cccc34)cccc12. The average Bonchev–Trinajstić information content (AvgIpc) is 2.94. The summed E-state index contributed by atoms with van der Waals surface area (Å²) in [5, 5.41) is 3.39. The predicted molar refractivity (Wildman–Crippen MR) is 162 cm³/mol. The number of hydrogen-bond acceptors (Lipinski definition) is 5. The number of esters is 2. The highest BCUT2D eigenvalue weighted by atomic mass is 16.5. The van der Waals surface area contributed by atoms with E-state index < -0.39 is 11.9 Å². The van der Waals surface area contributed by atoms with Crippen molar-refractivity contribution in [2.75, 3.05) is 4.90 Å². The number of hydrogen-bond donors (Lipinski definition) is 0. The lowest BCUT2D eigenvalue weighted by Gasteiger charge is -2.28. The minimum atomic E-state index is -0.473. The highest BCUT2D eigenvalue weighted by Gasteiger charge is 2.20. The van der Waals surface area contributed by atoms with Crippen molar-refractivity contribution in [2.24, 2.45) is 0 Å². The molecule has 0 saturated heterocycles. The van der Waals surface area contributed by atoms with E-state index in [9.17, 15) is 9.59 Å². The third-order valence-corrected chi connectivity index (χ3v) is 6.59. The Morgan fingerprint density at radius 1 is 0.575 bits per heavy atom. The lowest BCUT2D eigenvalue weighted by Crippen LogP contribution is -2.12. The predicted octanol–water partition coefficient (Wildman–Crippen LogP) is 8.73. The maximum absolute atomic E-state index is 12.4. The van der Waals surface area contributed by atoms with Crippen LogP contribution in [-0.4, -0.2) is 11.9 Å². The first-order valence-electron chi connectivity index (χ1n) is 12.9. The minimum absolute atomic E-state index is 0.327. The van der Waals surface area contributed by atoms with Crippen LogP contribution in [-0.2, 0) is 9.59 Å². The second-order valence-electron chi connectivity index (χ2n) is 9.77.